The van der Waals surface area contributed by atoms with Crippen LogP contribution in [-0.2, 0) is 4.79 Å². The van der Waals surface area contributed by atoms with Gasteiger partial charge in [0.1, 0.15) is 0 Å². The number of aromatic nitrogens is 1. The summed E-state index contributed by atoms with van der Waals surface area (Å²) >= 11 is 0. The van der Waals surface area contributed by atoms with Gasteiger partial charge < -0.3 is 20.0 Å². The Balaban J connectivity index is 1.51. The van der Waals surface area contributed by atoms with Crippen molar-refractivity contribution in [2.24, 2.45) is 5.92 Å². The fraction of sp³-hybridized carbons (Fsp3) is 0.636. The van der Waals surface area contributed by atoms with Crippen molar-refractivity contribution in [3.8, 4) is 0 Å². The predicted octanol–water partition coefficient (Wildman–Crippen LogP) is 1.89. The molecule has 164 valence electrons. The van der Waals surface area contributed by atoms with E-state index in [0.717, 1.165) is 25.0 Å². The molecule has 1 aromatic heterocycles. The molecule has 1 N–H and O–H groups in total. The highest BCUT2D eigenvalue weighted by molar-refractivity contribution is 5.94. The molecule has 8 heteroatoms. The Morgan fingerprint density at radius 1 is 1.10 bits per heavy atom. The summed E-state index contributed by atoms with van der Waals surface area (Å²) < 4.78 is 0. The van der Waals surface area contributed by atoms with Crippen molar-refractivity contribution >= 4 is 17.8 Å². The van der Waals surface area contributed by atoms with E-state index in [0.29, 0.717) is 44.8 Å². The summed E-state index contributed by atoms with van der Waals surface area (Å²) in [4.78, 5) is 47.7. The van der Waals surface area contributed by atoms with Gasteiger partial charge in [0.05, 0.1) is 11.5 Å². The van der Waals surface area contributed by atoms with Gasteiger partial charge in [0.25, 0.3) is 5.91 Å². The zero-order chi connectivity index (χ0) is 21.7. The van der Waals surface area contributed by atoms with Crippen molar-refractivity contribution in [3.63, 3.8) is 0 Å². The SMILES string of the molecule is CCN(CC)C(=O)[C@@H]1CCCN(C(=O)NC2CCN(C(=O)c3ccc(C)nc3)C2)C1. The van der Waals surface area contributed by atoms with E-state index in [1.807, 2.05) is 31.7 Å². The third kappa shape index (κ3) is 5.09. The van der Waals surface area contributed by atoms with Crippen LogP contribution in [0.5, 0.6) is 0 Å². The van der Waals surface area contributed by atoms with Crippen LogP contribution >= 0.6 is 0 Å². The lowest BCUT2D eigenvalue weighted by Crippen LogP contribution is -2.52. The monoisotopic (exact) mass is 415 g/mol. The maximum absolute atomic E-state index is 12.8. The van der Waals surface area contributed by atoms with Crippen molar-refractivity contribution in [1.82, 2.24) is 25.0 Å². The molecule has 0 bridgehead atoms. The number of hydrogen-bond donors (Lipinski definition) is 1. The smallest absolute Gasteiger partial charge is 0.317 e. The highest BCUT2D eigenvalue weighted by atomic mass is 16.2. The maximum Gasteiger partial charge on any atom is 0.317 e. The van der Waals surface area contributed by atoms with Crippen molar-refractivity contribution in [2.45, 2.75) is 46.1 Å². The first-order valence-electron chi connectivity index (χ1n) is 11.0. The van der Waals surface area contributed by atoms with Gasteiger partial charge in [-0.1, -0.05) is 0 Å². The number of piperidine rings is 1. The summed E-state index contributed by atoms with van der Waals surface area (Å²) in [6, 6.07) is 3.41. The first kappa shape index (κ1) is 22.1. The van der Waals surface area contributed by atoms with E-state index < -0.39 is 0 Å². The van der Waals surface area contributed by atoms with Crippen molar-refractivity contribution < 1.29 is 14.4 Å². The molecule has 2 aliphatic heterocycles. The molecule has 8 nitrogen and oxygen atoms in total. The quantitative estimate of drug-likeness (QED) is 0.796. The van der Waals surface area contributed by atoms with Gasteiger partial charge in [-0.3, -0.25) is 14.6 Å². The second-order valence-electron chi connectivity index (χ2n) is 8.17. The van der Waals surface area contributed by atoms with Crippen LogP contribution in [0.4, 0.5) is 4.79 Å². The number of urea groups is 1. The molecule has 0 aromatic carbocycles. The van der Waals surface area contributed by atoms with Gasteiger partial charge in [-0.2, -0.15) is 0 Å². The first-order valence-corrected chi connectivity index (χ1v) is 11.0. The van der Waals surface area contributed by atoms with E-state index in [1.165, 1.54) is 0 Å². The number of rotatable bonds is 5. The lowest BCUT2D eigenvalue weighted by atomic mass is 9.96. The van der Waals surface area contributed by atoms with E-state index in [-0.39, 0.29) is 29.8 Å². The van der Waals surface area contributed by atoms with Crippen LogP contribution in [0.15, 0.2) is 18.3 Å². The number of carbonyl (C=O) groups is 3. The van der Waals surface area contributed by atoms with Crippen LogP contribution < -0.4 is 5.32 Å². The van der Waals surface area contributed by atoms with Gasteiger partial charge in [0.15, 0.2) is 0 Å². The van der Waals surface area contributed by atoms with Crippen molar-refractivity contribution in [3.05, 3.63) is 29.6 Å². The second kappa shape index (κ2) is 9.91. The molecule has 0 saturated carbocycles. The molecule has 30 heavy (non-hydrogen) atoms. The Bertz CT molecular complexity index is 763. The second-order valence-corrected chi connectivity index (χ2v) is 8.17. The number of aryl methyl sites for hydroxylation is 1. The molecule has 2 saturated heterocycles. The minimum absolute atomic E-state index is 0.0536. The topological polar surface area (TPSA) is 85.9 Å². The van der Waals surface area contributed by atoms with Crippen LogP contribution in [-0.4, -0.2) is 82.8 Å². The number of amides is 4. The van der Waals surface area contributed by atoms with Gasteiger partial charge in [-0.15, -0.1) is 0 Å². The van der Waals surface area contributed by atoms with E-state index in [2.05, 4.69) is 10.3 Å². The van der Waals surface area contributed by atoms with Gasteiger partial charge in [0.2, 0.25) is 5.91 Å². The largest absolute Gasteiger partial charge is 0.343 e. The molecule has 2 fully saturated rings. The highest BCUT2D eigenvalue weighted by Crippen LogP contribution is 2.20. The average molecular weight is 416 g/mol. The number of carbonyl (C=O) groups excluding carboxylic acids is 3. The lowest BCUT2D eigenvalue weighted by molar-refractivity contribution is -0.136. The third-order valence-corrected chi connectivity index (χ3v) is 6.09. The third-order valence-electron chi connectivity index (χ3n) is 6.09. The number of nitrogens with one attached hydrogen (secondary N) is 1. The van der Waals surface area contributed by atoms with Crippen molar-refractivity contribution in [1.29, 1.82) is 0 Å². The fourth-order valence-electron chi connectivity index (χ4n) is 4.26. The molecule has 0 aliphatic carbocycles. The standard InChI is InChI=1S/C22H33N5O3/c1-4-25(5-2)21(29)18-7-6-11-27(14-18)22(30)24-19-10-12-26(15-19)20(28)17-9-8-16(3)23-13-17/h8-9,13,18-19H,4-7,10-12,14-15H2,1-3H3,(H,24,30)/t18-,19?/m1/s1. The van der Waals surface area contributed by atoms with Gasteiger partial charge in [-0.25, -0.2) is 4.79 Å². The molecule has 4 amide bonds. The fourth-order valence-corrected chi connectivity index (χ4v) is 4.26. The molecule has 2 aliphatic rings. The van der Waals surface area contributed by atoms with Crippen LogP contribution in [0.1, 0.15) is 49.2 Å². The van der Waals surface area contributed by atoms with Crippen LogP contribution in [0.2, 0.25) is 0 Å². The Hall–Kier alpha value is -2.64. The summed E-state index contributed by atoms with van der Waals surface area (Å²) in [5.41, 5.74) is 1.44. The minimum Gasteiger partial charge on any atom is -0.343 e. The molecule has 1 aromatic rings. The van der Waals surface area contributed by atoms with Gasteiger partial charge >= 0.3 is 6.03 Å². The van der Waals surface area contributed by atoms with E-state index in [1.54, 1.807) is 22.1 Å². The zero-order valence-corrected chi connectivity index (χ0v) is 18.3. The van der Waals surface area contributed by atoms with Crippen LogP contribution in [0.3, 0.4) is 0 Å². The van der Waals surface area contributed by atoms with Gasteiger partial charge in [0, 0.05) is 57.2 Å². The normalized spacial score (nSPS) is 21.4. The summed E-state index contributed by atoms with van der Waals surface area (Å²) in [5, 5.41) is 3.06. The summed E-state index contributed by atoms with van der Waals surface area (Å²) in [7, 11) is 0. The van der Waals surface area contributed by atoms with Crippen LogP contribution in [0, 0.1) is 12.8 Å². The molecule has 3 heterocycles. The van der Waals surface area contributed by atoms with E-state index >= 15 is 0 Å². The number of hydrogen-bond acceptors (Lipinski definition) is 4. The van der Waals surface area contributed by atoms with Crippen LogP contribution in [0.25, 0.3) is 0 Å². The highest BCUT2D eigenvalue weighted by Gasteiger charge is 2.33. The predicted molar refractivity (Wildman–Crippen MR) is 114 cm³/mol. The molecular weight excluding hydrogens is 382 g/mol. The summed E-state index contributed by atoms with van der Waals surface area (Å²) in [6.45, 7) is 9.47. The van der Waals surface area contributed by atoms with E-state index in [4.69, 9.17) is 0 Å². The molecule has 3 rings (SSSR count). The number of nitrogens with zero attached hydrogens (tertiary/aromatic N) is 4. The van der Waals surface area contributed by atoms with Crippen molar-refractivity contribution in [2.75, 3.05) is 39.3 Å². The lowest BCUT2D eigenvalue weighted by Gasteiger charge is -2.35. The molecule has 1 unspecified atom stereocenters. The number of pyridine rings is 1. The Kier molecular flexibility index (Phi) is 7.29. The molecule has 2 atom stereocenters. The van der Waals surface area contributed by atoms with Gasteiger partial charge in [-0.05, 0) is 52.2 Å². The number of likely N-dealkylation sites (tertiary alicyclic amines) is 2. The molecule has 0 radical (unpaired) electrons. The minimum atomic E-state index is -0.136. The molecule has 0 spiro atoms. The Morgan fingerprint density at radius 3 is 2.53 bits per heavy atom. The summed E-state index contributed by atoms with van der Waals surface area (Å²) in [6.07, 6.45) is 3.99. The zero-order valence-electron chi connectivity index (χ0n) is 18.3. The summed E-state index contributed by atoms with van der Waals surface area (Å²) in [5.74, 6) is -0.0379. The average Bonchev–Trinajstić information content (AvgIpc) is 3.23. The van der Waals surface area contributed by atoms with E-state index in [9.17, 15) is 14.4 Å². The Morgan fingerprint density at radius 2 is 1.87 bits per heavy atom. The Labute approximate surface area is 178 Å². The maximum atomic E-state index is 12.8. The first-order chi connectivity index (χ1) is 14.4. The molecular formula is C22H33N5O3.